The van der Waals surface area contributed by atoms with Gasteiger partial charge in [0.05, 0.1) is 5.69 Å². The van der Waals surface area contributed by atoms with Crippen LogP contribution >= 0.6 is 8.58 Å². The lowest BCUT2D eigenvalue weighted by molar-refractivity contribution is -0.107. The summed E-state index contributed by atoms with van der Waals surface area (Å²) in [5, 5.41) is 1.23. The van der Waals surface area contributed by atoms with Gasteiger partial charge in [0, 0.05) is 7.05 Å². The van der Waals surface area contributed by atoms with Gasteiger partial charge in [0.25, 0.3) is 0 Å². The zero-order valence-corrected chi connectivity index (χ0v) is 8.24. The number of carbonyl (C=O) groups excluding carboxylic acids is 1. The summed E-state index contributed by atoms with van der Waals surface area (Å²) in [6.07, 6.45) is 0.832. The van der Waals surface area contributed by atoms with E-state index in [2.05, 4.69) is 6.66 Å². The molecule has 1 unspecified atom stereocenters. The number of rotatable bonds is 3. The minimum atomic E-state index is 0.724. The SMILES string of the molecule is CPc1ccccc1N(C)C=O. The van der Waals surface area contributed by atoms with Crippen LogP contribution in [0.25, 0.3) is 0 Å². The predicted molar refractivity (Wildman–Crippen MR) is 54.8 cm³/mol. The lowest BCUT2D eigenvalue weighted by Gasteiger charge is -2.14. The molecule has 0 aromatic heterocycles. The first-order chi connectivity index (χ1) is 5.79. The van der Waals surface area contributed by atoms with Gasteiger partial charge >= 0.3 is 0 Å². The Morgan fingerprint density at radius 3 is 2.67 bits per heavy atom. The molecule has 0 spiro atoms. The van der Waals surface area contributed by atoms with Crippen LogP contribution in [0.4, 0.5) is 5.69 Å². The topological polar surface area (TPSA) is 20.3 Å². The van der Waals surface area contributed by atoms with Crippen molar-refractivity contribution in [2.75, 3.05) is 18.6 Å². The van der Waals surface area contributed by atoms with E-state index in [-0.39, 0.29) is 0 Å². The Balaban J connectivity index is 3.04. The van der Waals surface area contributed by atoms with Gasteiger partial charge in [0.2, 0.25) is 6.41 Å². The molecule has 3 heteroatoms. The van der Waals surface area contributed by atoms with Crippen LogP contribution in [-0.2, 0) is 4.79 Å². The highest BCUT2D eigenvalue weighted by Gasteiger charge is 2.02. The molecule has 64 valence electrons. The van der Waals surface area contributed by atoms with Gasteiger partial charge in [0.1, 0.15) is 0 Å². The fraction of sp³-hybridized carbons (Fsp3) is 0.222. The summed E-state index contributed by atoms with van der Waals surface area (Å²) in [5.41, 5.74) is 1.01. The van der Waals surface area contributed by atoms with E-state index < -0.39 is 0 Å². The highest BCUT2D eigenvalue weighted by atomic mass is 31.1. The van der Waals surface area contributed by atoms with Crippen LogP contribution in [0.15, 0.2) is 24.3 Å². The summed E-state index contributed by atoms with van der Waals surface area (Å²) < 4.78 is 0. The van der Waals surface area contributed by atoms with E-state index in [1.54, 1.807) is 11.9 Å². The minimum absolute atomic E-state index is 0.724. The van der Waals surface area contributed by atoms with Crippen molar-refractivity contribution in [1.29, 1.82) is 0 Å². The molecule has 0 radical (unpaired) electrons. The van der Waals surface area contributed by atoms with Gasteiger partial charge in [-0.05, 0) is 18.0 Å². The number of hydrogen-bond acceptors (Lipinski definition) is 1. The van der Waals surface area contributed by atoms with Crippen LogP contribution in [-0.4, -0.2) is 20.1 Å². The van der Waals surface area contributed by atoms with Crippen LogP contribution in [0.2, 0.25) is 0 Å². The maximum Gasteiger partial charge on any atom is 0.213 e. The van der Waals surface area contributed by atoms with E-state index >= 15 is 0 Å². The molecule has 12 heavy (non-hydrogen) atoms. The zero-order valence-electron chi connectivity index (χ0n) is 7.24. The molecule has 1 atom stereocenters. The van der Waals surface area contributed by atoms with Crippen LogP contribution < -0.4 is 10.2 Å². The highest BCUT2D eigenvalue weighted by molar-refractivity contribution is 7.46. The number of carbonyl (C=O) groups is 1. The Hall–Kier alpha value is -0.880. The zero-order chi connectivity index (χ0) is 8.97. The Morgan fingerprint density at radius 2 is 2.08 bits per heavy atom. The van der Waals surface area contributed by atoms with E-state index in [0.717, 1.165) is 20.7 Å². The van der Waals surface area contributed by atoms with Gasteiger partial charge < -0.3 is 4.90 Å². The van der Waals surface area contributed by atoms with E-state index in [4.69, 9.17) is 0 Å². The van der Waals surface area contributed by atoms with Gasteiger partial charge in [-0.15, -0.1) is 0 Å². The molecular formula is C9H12NOP. The first-order valence-corrected chi connectivity index (χ1v) is 5.24. The third-order valence-corrected chi connectivity index (χ3v) is 2.67. The van der Waals surface area contributed by atoms with Crippen molar-refractivity contribution in [3.63, 3.8) is 0 Å². The highest BCUT2D eigenvalue weighted by Crippen LogP contribution is 2.15. The number of anilines is 1. The molecule has 0 saturated carbocycles. The lowest BCUT2D eigenvalue weighted by atomic mass is 10.3. The summed E-state index contributed by atoms with van der Waals surface area (Å²) >= 11 is 0. The number of benzene rings is 1. The first kappa shape index (κ1) is 9.21. The quantitative estimate of drug-likeness (QED) is 0.507. The molecule has 1 amide bonds. The van der Waals surface area contributed by atoms with Gasteiger partial charge in [-0.2, -0.15) is 0 Å². The van der Waals surface area contributed by atoms with Crippen molar-refractivity contribution < 1.29 is 4.79 Å². The Bertz CT molecular complexity index is 275. The molecule has 0 aliphatic carbocycles. The fourth-order valence-electron chi connectivity index (χ4n) is 1.05. The second-order valence-corrected chi connectivity index (χ2v) is 3.52. The summed E-state index contributed by atoms with van der Waals surface area (Å²) in [5.74, 6) is 0. The Morgan fingerprint density at radius 1 is 1.42 bits per heavy atom. The molecule has 0 aliphatic rings. The fourth-order valence-corrected chi connectivity index (χ4v) is 1.83. The third-order valence-electron chi connectivity index (χ3n) is 1.71. The van der Waals surface area contributed by atoms with Crippen molar-refractivity contribution in [2.45, 2.75) is 0 Å². The standard InChI is InChI=1S/C9H12NOP/c1-10(7-11)8-5-3-4-6-9(8)12-2/h3-7,12H,1-2H3. The van der Waals surface area contributed by atoms with Gasteiger partial charge in [-0.1, -0.05) is 26.8 Å². The molecule has 0 fully saturated rings. The molecule has 0 heterocycles. The number of amides is 1. The molecule has 0 saturated heterocycles. The van der Waals surface area contributed by atoms with Gasteiger partial charge in [-0.25, -0.2) is 0 Å². The molecule has 1 aromatic carbocycles. The first-order valence-electron chi connectivity index (χ1n) is 3.74. The average molecular weight is 181 g/mol. The number of para-hydroxylation sites is 1. The van der Waals surface area contributed by atoms with E-state index in [1.165, 1.54) is 5.30 Å². The molecule has 1 aromatic rings. The minimum Gasteiger partial charge on any atom is -0.317 e. The van der Waals surface area contributed by atoms with Crippen LogP contribution in [0, 0.1) is 0 Å². The van der Waals surface area contributed by atoms with Crippen molar-refractivity contribution in [3.8, 4) is 0 Å². The maximum absolute atomic E-state index is 10.5. The van der Waals surface area contributed by atoms with Crippen LogP contribution in [0.1, 0.15) is 0 Å². The van der Waals surface area contributed by atoms with Crippen LogP contribution in [0.5, 0.6) is 0 Å². The van der Waals surface area contributed by atoms with Crippen LogP contribution in [0.3, 0.4) is 0 Å². The smallest absolute Gasteiger partial charge is 0.213 e. The predicted octanol–water partition coefficient (Wildman–Crippen LogP) is 1.21. The summed E-state index contributed by atoms with van der Waals surface area (Å²) in [6.45, 7) is 2.11. The summed E-state index contributed by atoms with van der Waals surface area (Å²) in [6, 6.07) is 7.95. The number of hydrogen-bond donors (Lipinski definition) is 0. The largest absolute Gasteiger partial charge is 0.317 e. The normalized spacial score (nSPS) is 10.5. The Labute approximate surface area is 74.4 Å². The summed E-state index contributed by atoms with van der Waals surface area (Å²) in [7, 11) is 2.49. The second-order valence-electron chi connectivity index (χ2n) is 2.48. The molecule has 1 rings (SSSR count). The third kappa shape index (κ3) is 1.83. The van der Waals surface area contributed by atoms with Crippen molar-refractivity contribution in [2.24, 2.45) is 0 Å². The molecule has 0 N–H and O–H groups in total. The second kappa shape index (κ2) is 4.22. The van der Waals surface area contributed by atoms with E-state index in [0.29, 0.717) is 0 Å². The van der Waals surface area contributed by atoms with Gasteiger partial charge in [-0.3, -0.25) is 4.79 Å². The van der Waals surface area contributed by atoms with E-state index in [1.807, 2.05) is 24.3 Å². The molecular weight excluding hydrogens is 169 g/mol. The molecule has 0 aliphatic heterocycles. The molecule has 0 bridgehead atoms. The van der Waals surface area contributed by atoms with Crippen molar-refractivity contribution in [3.05, 3.63) is 24.3 Å². The summed E-state index contributed by atoms with van der Waals surface area (Å²) in [4.78, 5) is 12.1. The maximum atomic E-state index is 10.5. The molecule has 2 nitrogen and oxygen atoms in total. The average Bonchev–Trinajstić information content (AvgIpc) is 2.16. The monoisotopic (exact) mass is 181 g/mol. The lowest BCUT2D eigenvalue weighted by Crippen LogP contribution is -2.19. The van der Waals surface area contributed by atoms with Crippen molar-refractivity contribution in [1.82, 2.24) is 0 Å². The van der Waals surface area contributed by atoms with Crippen molar-refractivity contribution >= 4 is 26.0 Å². The number of nitrogens with zero attached hydrogens (tertiary/aromatic N) is 1. The Kier molecular flexibility index (Phi) is 3.24. The van der Waals surface area contributed by atoms with Gasteiger partial charge in [0.15, 0.2) is 0 Å². The van der Waals surface area contributed by atoms with E-state index in [9.17, 15) is 4.79 Å².